The monoisotopic (exact) mass is 317 g/mol. The lowest BCUT2D eigenvalue weighted by Crippen LogP contribution is -2.41. The van der Waals surface area contributed by atoms with Crippen LogP contribution in [0.15, 0.2) is 21.7 Å². The number of carboxylic acid groups (broad SMARTS) is 2. The van der Waals surface area contributed by atoms with Crippen molar-refractivity contribution in [1.82, 2.24) is 5.32 Å². The fourth-order valence-electron chi connectivity index (χ4n) is 1.43. The highest BCUT2D eigenvalue weighted by atomic mass is 32.2. The molecule has 0 aliphatic heterocycles. The molecule has 3 N–H and O–H groups in total. The fourth-order valence-corrected chi connectivity index (χ4v) is 3.03. The SMILES string of the molecule is O=C(O)CCC[C@@H](NC(=O)CSc1cccs1)C(=O)O. The molecule has 0 bridgehead atoms. The van der Waals surface area contributed by atoms with E-state index in [4.69, 9.17) is 10.2 Å². The van der Waals surface area contributed by atoms with Crippen LogP contribution in [-0.4, -0.2) is 39.9 Å². The topological polar surface area (TPSA) is 104 Å². The lowest BCUT2D eigenvalue weighted by Gasteiger charge is -2.13. The van der Waals surface area contributed by atoms with Gasteiger partial charge in [-0.3, -0.25) is 9.59 Å². The first-order valence-electron chi connectivity index (χ1n) is 5.89. The van der Waals surface area contributed by atoms with E-state index in [-0.39, 0.29) is 30.9 Å². The molecule has 6 nitrogen and oxygen atoms in total. The van der Waals surface area contributed by atoms with Gasteiger partial charge in [-0.15, -0.1) is 23.1 Å². The molecule has 1 atom stereocenters. The summed E-state index contributed by atoms with van der Waals surface area (Å²) in [6.45, 7) is 0. The molecule has 20 heavy (non-hydrogen) atoms. The smallest absolute Gasteiger partial charge is 0.326 e. The molecule has 1 aromatic rings. The van der Waals surface area contributed by atoms with E-state index in [9.17, 15) is 14.4 Å². The van der Waals surface area contributed by atoms with Crippen molar-refractivity contribution in [3.8, 4) is 0 Å². The predicted molar refractivity (Wildman–Crippen MR) is 76.1 cm³/mol. The molecule has 1 rings (SSSR count). The minimum atomic E-state index is -1.15. The molecule has 0 aliphatic rings. The number of aliphatic carboxylic acids is 2. The first kappa shape index (κ1) is 16.5. The van der Waals surface area contributed by atoms with Gasteiger partial charge in [0, 0.05) is 6.42 Å². The maximum absolute atomic E-state index is 11.6. The molecule has 8 heteroatoms. The molecule has 0 unspecified atom stereocenters. The third-order valence-corrected chi connectivity index (χ3v) is 4.49. The highest BCUT2D eigenvalue weighted by Gasteiger charge is 2.19. The van der Waals surface area contributed by atoms with Crippen molar-refractivity contribution in [2.45, 2.75) is 29.5 Å². The lowest BCUT2D eigenvalue weighted by atomic mass is 10.1. The number of thioether (sulfide) groups is 1. The average Bonchev–Trinajstić information content (AvgIpc) is 2.87. The zero-order chi connectivity index (χ0) is 15.0. The van der Waals surface area contributed by atoms with Crippen molar-refractivity contribution in [2.75, 3.05) is 5.75 Å². The van der Waals surface area contributed by atoms with Crippen LogP contribution in [0.3, 0.4) is 0 Å². The standard InChI is InChI=1S/C12H15NO5S2/c14-9(7-20-11-5-2-6-19-11)13-8(12(17)18)3-1-4-10(15)16/h2,5-6,8H,1,3-4,7H2,(H,13,14)(H,15,16)(H,17,18)/t8-/m1/s1. The zero-order valence-electron chi connectivity index (χ0n) is 10.6. The summed E-state index contributed by atoms with van der Waals surface area (Å²) in [6.07, 6.45) is 0.214. The van der Waals surface area contributed by atoms with E-state index in [2.05, 4.69) is 5.32 Å². The van der Waals surface area contributed by atoms with Gasteiger partial charge in [0.15, 0.2) is 0 Å². The van der Waals surface area contributed by atoms with Gasteiger partial charge in [0.1, 0.15) is 6.04 Å². The van der Waals surface area contributed by atoms with Crippen LogP contribution in [0.1, 0.15) is 19.3 Å². The Morgan fingerprint density at radius 1 is 1.35 bits per heavy atom. The van der Waals surface area contributed by atoms with Crippen molar-refractivity contribution in [1.29, 1.82) is 0 Å². The molecular weight excluding hydrogens is 302 g/mol. The number of nitrogens with one attached hydrogen (secondary N) is 1. The van der Waals surface area contributed by atoms with Gasteiger partial charge < -0.3 is 15.5 Å². The summed E-state index contributed by atoms with van der Waals surface area (Å²) in [5.74, 6) is -2.35. The maximum atomic E-state index is 11.6. The number of carbonyl (C=O) groups is 3. The number of thiophene rings is 1. The Hall–Kier alpha value is -1.54. The summed E-state index contributed by atoms with van der Waals surface area (Å²) >= 11 is 2.85. The largest absolute Gasteiger partial charge is 0.481 e. The number of carboxylic acids is 2. The van der Waals surface area contributed by atoms with Crippen molar-refractivity contribution in [3.05, 3.63) is 17.5 Å². The first-order chi connectivity index (χ1) is 9.49. The van der Waals surface area contributed by atoms with Crippen molar-refractivity contribution < 1.29 is 24.6 Å². The van der Waals surface area contributed by atoms with E-state index < -0.39 is 18.0 Å². The van der Waals surface area contributed by atoms with E-state index in [0.717, 1.165) is 4.21 Å². The van der Waals surface area contributed by atoms with Crippen LogP contribution in [0.4, 0.5) is 0 Å². The summed E-state index contributed by atoms with van der Waals surface area (Å²) < 4.78 is 0.984. The number of rotatable bonds is 9. The third-order valence-electron chi connectivity index (χ3n) is 2.36. The maximum Gasteiger partial charge on any atom is 0.326 e. The quantitative estimate of drug-likeness (QED) is 0.599. The number of amides is 1. The van der Waals surface area contributed by atoms with Crippen molar-refractivity contribution in [2.24, 2.45) is 0 Å². The Morgan fingerprint density at radius 3 is 2.65 bits per heavy atom. The van der Waals surface area contributed by atoms with E-state index in [0.29, 0.717) is 0 Å². The molecule has 1 heterocycles. The predicted octanol–water partition coefficient (Wildman–Crippen LogP) is 1.66. The van der Waals surface area contributed by atoms with Crippen molar-refractivity contribution >= 4 is 40.9 Å². The van der Waals surface area contributed by atoms with Crippen LogP contribution in [0.25, 0.3) is 0 Å². The van der Waals surface area contributed by atoms with Gasteiger partial charge in [0.05, 0.1) is 9.96 Å². The average molecular weight is 317 g/mol. The van der Waals surface area contributed by atoms with Crippen LogP contribution in [0, 0.1) is 0 Å². The molecule has 1 aromatic heterocycles. The number of hydrogen-bond acceptors (Lipinski definition) is 5. The Morgan fingerprint density at radius 2 is 2.10 bits per heavy atom. The second kappa shape index (κ2) is 8.60. The minimum Gasteiger partial charge on any atom is -0.481 e. The Balaban J connectivity index is 2.34. The fraction of sp³-hybridized carbons (Fsp3) is 0.417. The van der Waals surface area contributed by atoms with E-state index in [1.54, 1.807) is 0 Å². The normalized spacial score (nSPS) is 11.8. The summed E-state index contributed by atoms with van der Waals surface area (Å²) in [5, 5.41) is 21.8. The van der Waals surface area contributed by atoms with Crippen LogP contribution in [-0.2, 0) is 14.4 Å². The van der Waals surface area contributed by atoms with Crippen LogP contribution in [0.2, 0.25) is 0 Å². The van der Waals surface area contributed by atoms with Gasteiger partial charge in [-0.2, -0.15) is 0 Å². The zero-order valence-corrected chi connectivity index (χ0v) is 12.2. The van der Waals surface area contributed by atoms with Gasteiger partial charge in [-0.1, -0.05) is 6.07 Å². The Bertz CT molecular complexity index is 460. The molecule has 0 saturated carbocycles. The van der Waals surface area contributed by atoms with E-state index in [1.165, 1.54) is 23.1 Å². The van der Waals surface area contributed by atoms with Crippen LogP contribution in [0.5, 0.6) is 0 Å². The summed E-state index contributed by atoms with van der Waals surface area (Å²) in [7, 11) is 0. The molecule has 0 aliphatic carbocycles. The Kier molecular flexibility index (Phi) is 7.10. The number of carbonyl (C=O) groups excluding carboxylic acids is 1. The van der Waals surface area contributed by atoms with Gasteiger partial charge in [-0.25, -0.2) is 4.79 Å². The highest BCUT2D eigenvalue weighted by molar-refractivity contribution is 8.01. The first-order valence-corrected chi connectivity index (χ1v) is 7.76. The van der Waals surface area contributed by atoms with Gasteiger partial charge in [-0.05, 0) is 24.3 Å². The second-order valence-electron chi connectivity index (χ2n) is 3.97. The van der Waals surface area contributed by atoms with Gasteiger partial charge >= 0.3 is 11.9 Å². The van der Waals surface area contributed by atoms with Crippen LogP contribution < -0.4 is 5.32 Å². The second-order valence-corrected chi connectivity index (χ2v) is 6.19. The highest BCUT2D eigenvalue weighted by Crippen LogP contribution is 2.22. The molecule has 0 saturated heterocycles. The molecular formula is C12H15NO5S2. The summed E-state index contributed by atoms with van der Waals surface area (Å²) in [6, 6.07) is 2.71. The van der Waals surface area contributed by atoms with Crippen molar-refractivity contribution in [3.63, 3.8) is 0 Å². The Labute approximate surface area is 124 Å². The van der Waals surface area contributed by atoms with E-state index >= 15 is 0 Å². The molecule has 110 valence electrons. The molecule has 0 spiro atoms. The van der Waals surface area contributed by atoms with E-state index in [1.807, 2.05) is 17.5 Å². The number of hydrogen-bond donors (Lipinski definition) is 3. The van der Waals surface area contributed by atoms with Gasteiger partial charge in [0.2, 0.25) is 5.91 Å². The molecule has 1 amide bonds. The molecule has 0 aromatic carbocycles. The molecule has 0 fully saturated rings. The third kappa shape index (κ3) is 6.58. The summed E-state index contributed by atoms with van der Waals surface area (Å²) in [4.78, 5) is 33.0. The lowest BCUT2D eigenvalue weighted by molar-refractivity contribution is -0.142. The van der Waals surface area contributed by atoms with Crippen LogP contribution >= 0.6 is 23.1 Å². The van der Waals surface area contributed by atoms with Gasteiger partial charge in [0.25, 0.3) is 0 Å². The minimum absolute atomic E-state index is 0.108. The summed E-state index contributed by atoms with van der Waals surface area (Å²) in [5.41, 5.74) is 0. The molecule has 0 radical (unpaired) electrons.